The summed E-state index contributed by atoms with van der Waals surface area (Å²) in [7, 11) is 0. The molecule has 0 bridgehead atoms. The molecule has 0 radical (unpaired) electrons. The van der Waals surface area contributed by atoms with Crippen LogP contribution >= 0.6 is 15.9 Å². The molecule has 3 rings (SSSR count). The zero-order valence-electron chi connectivity index (χ0n) is 12.0. The summed E-state index contributed by atoms with van der Waals surface area (Å²) in [6, 6.07) is 2.02. The maximum atomic E-state index is 12.5. The number of carbonyl (C=O) groups is 1. The number of morpholine rings is 1. The van der Waals surface area contributed by atoms with E-state index in [-0.39, 0.29) is 5.92 Å². The molecule has 0 atom stereocenters. The van der Waals surface area contributed by atoms with Crippen LogP contribution in [-0.4, -0.2) is 55.2 Å². The summed E-state index contributed by atoms with van der Waals surface area (Å²) >= 11 is 3.55. The summed E-state index contributed by atoms with van der Waals surface area (Å²) < 4.78 is 6.33. The van der Waals surface area contributed by atoms with Crippen LogP contribution in [0.2, 0.25) is 0 Å². The highest BCUT2D eigenvalue weighted by Gasteiger charge is 2.29. The van der Waals surface area contributed by atoms with E-state index >= 15 is 0 Å². The molecule has 0 spiro atoms. The van der Waals surface area contributed by atoms with E-state index in [0.717, 1.165) is 43.5 Å². The van der Waals surface area contributed by atoms with Crippen LogP contribution in [-0.2, 0) is 9.53 Å². The number of anilines is 1. The minimum Gasteiger partial charge on any atom is -0.378 e. The summed E-state index contributed by atoms with van der Waals surface area (Å²) in [5.74, 6) is 0.478. The van der Waals surface area contributed by atoms with E-state index < -0.39 is 0 Å². The van der Waals surface area contributed by atoms with Crippen molar-refractivity contribution >= 4 is 27.5 Å². The molecule has 1 aromatic rings. The number of piperidine rings is 1. The largest absolute Gasteiger partial charge is 0.378 e. The van der Waals surface area contributed by atoms with E-state index in [9.17, 15) is 4.79 Å². The van der Waals surface area contributed by atoms with Gasteiger partial charge in [0.25, 0.3) is 0 Å². The summed E-state index contributed by atoms with van der Waals surface area (Å²) in [4.78, 5) is 20.9. The monoisotopic (exact) mass is 353 g/mol. The first-order chi connectivity index (χ1) is 10.3. The van der Waals surface area contributed by atoms with Crippen molar-refractivity contribution < 1.29 is 9.53 Å². The van der Waals surface area contributed by atoms with Gasteiger partial charge in [-0.3, -0.25) is 9.78 Å². The Hall–Kier alpha value is -1.14. The molecule has 0 aliphatic carbocycles. The zero-order valence-corrected chi connectivity index (χ0v) is 13.6. The van der Waals surface area contributed by atoms with Crippen LogP contribution in [0.15, 0.2) is 22.9 Å². The van der Waals surface area contributed by atoms with Crippen molar-refractivity contribution in [3.63, 3.8) is 0 Å². The van der Waals surface area contributed by atoms with Crippen LogP contribution in [0.4, 0.5) is 5.69 Å². The molecule has 2 aliphatic heterocycles. The number of carbonyl (C=O) groups excluding carboxylic acids is 1. The molecule has 1 amide bonds. The Bertz CT molecular complexity index is 497. The normalized spacial score (nSPS) is 20.6. The Labute approximate surface area is 133 Å². The Morgan fingerprint density at radius 2 is 1.95 bits per heavy atom. The van der Waals surface area contributed by atoms with Crippen molar-refractivity contribution in [3.05, 3.63) is 22.9 Å². The van der Waals surface area contributed by atoms with Crippen LogP contribution in [0.25, 0.3) is 0 Å². The zero-order chi connectivity index (χ0) is 14.7. The standard InChI is InChI=1S/C15H20BrN3O2/c16-13-11-17-4-1-14(13)18-5-2-12(3-6-18)15(20)19-7-9-21-10-8-19/h1,4,11-12H,2-3,5-10H2. The average molecular weight is 354 g/mol. The Morgan fingerprint density at radius 3 is 2.62 bits per heavy atom. The van der Waals surface area contributed by atoms with Crippen molar-refractivity contribution in [1.29, 1.82) is 0 Å². The van der Waals surface area contributed by atoms with Gasteiger partial charge in [-0.2, -0.15) is 0 Å². The third-order valence-electron chi connectivity index (χ3n) is 4.26. The van der Waals surface area contributed by atoms with Crippen LogP contribution < -0.4 is 4.90 Å². The molecule has 2 aliphatic rings. The number of hydrogen-bond acceptors (Lipinski definition) is 4. The second-order valence-electron chi connectivity index (χ2n) is 5.53. The molecule has 6 heteroatoms. The fraction of sp³-hybridized carbons (Fsp3) is 0.600. The average Bonchev–Trinajstić information content (AvgIpc) is 2.56. The van der Waals surface area contributed by atoms with Gasteiger partial charge in [0.1, 0.15) is 0 Å². The molecule has 0 N–H and O–H groups in total. The number of pyridine rings is 1. The fourth-order valence-corrected chi connectivity index (χ4v) is 3.53. The first-order valence-corrected chi connectivity index (χ1v) is 8.26. The Balaban J connectivity index is 1.57. The highest BCUT2D eigenvalue weighted by Crippen LogP contribution is 2.29. The van der Waals surface area contributed by atoms with E-state index in [1.807, 2.05) is 23.4 Å². The lowest BCUT2D eigenvalue weighted by atomic mass is 9.95. The number of nitrogens with zero attached hydrogens (tertiary/aromatic N) is 3. The first kappa shape index (κ1) is 14.8. The molecule has 1 aromatic heterocycles. The Morgan fingerprint density at radius 1 is 1.24 bits per heavy atom. The van der Waals surface area contributed by atoms with Crippen molar-refractivity contribution in [2.75, 3.05) is 44.3 Å². The highest BCUT2D eigenvalue weighted by molar-refractivity contribution is 9.10. The second kappa shape index (κ2) is 6.75. The number of hydrogen-bond donors (Lipinski definition) is 0. The summed E-state index contributed by atoms with van der Waals surface area (Å²) in [6.45, 7) is 4.68. The molecule has 0 unspecified atom stereocenters. The van der Waals surface area contributed by atoms with E-state index in [2.05, 4.69) is 25.8 Å². The van der Waals surface area contributed by atoms with E-state index in [1.54, 1.807) is 0 Å². The molecule has 2 fully saturated rings. The van der Waals surface area contributed by atoms with Gasteiger partial charge in [-0.15, -0.1) is 0 Å². The third kappa shape index (κ3) is 3.37. The SMILES string of the molecule is O=C(C1CCN(c2ccncc2Br)CC1)N1CCOCC1. The number of aromatic nitrogens is 1. The van der Waals surface area contributed by atoms with E-state index in [0.29, 0.717) is 19.1 Å². The number of amides is 1. The van der Waals surface area contributed by atoms with Gasteiger partial charge in [0.2, 0.25) is 5.91 Å². The lowest BCUT2D eigenvalue weighted by Crippen LogP contribution is -2.46. The van der Waals surface area contributed by atoms with E-state index in [4.69, 9.17) is 4.74 Å². The smallest absolute Gasteiger partial charge is 0.225 e. The van der Waals surface area contributed by atoms with Gasteiger partial charge >= 0.3 is 0 Å². The predicted octanol–water partition coefficient (Wildman–Crippen LogP) is 1.92. The lowest BCUT2D eigenvalue weighted by molar-refractivity contribution is -0.140. The number of halogens is 1. The van der Waals surface area contributed by atoms with Crippen LogP contribution in [0, 0.1) is 5.92 Å². The van der Waals surface area contributed by atoms with E-state index in [1.165, 1.54) is 5.69 Å². The van der Waals surface area contributed by atoms with Gasteiger partial charge < -0.3 is 14.5 Å². The number of rotatable bonds is 2. The molecular weight excluding hydrogens is 334 g/mol. The predicted molar refractivity (Wildman–Crippen MR) is 84.3 cm³/mol. The van der Waals surface area contributed by atoms with Crippen LogP contribution in [0.5, 0.6) is 0 Å². The van der Waals surface area contributed by atoms with Crippen molar-refractivity contribution in [1.82, 2.24) is 9.88 Å². The quantitative estimate of drug-likeness (QED) is 0.814. The second-order valence-corrected chi connectivity index (χ2v) is 6.38. The first-order valence-electron chi connectivity index (χ1n) is 7.46. The highest BCUT2D eigenvalue weighted by atomic mass is 79.9. The Kier molecular flexibility index (Phi) is 4.75. The van der Waals surface area contributed by atoms with Gasteiger partial charge in [0.05, 0.1) is 23.4 Å². The minimum absolute atomic E-state index is 0.167. The molecule has 21 heavy (non-hydrogen) atoms. The third-order valence-corrected chi connectivity index (χ3v) is 4.87. The molecule has 3 heterocycles. The van der Waals surface area contributed by atoms with Gasteiger partial charge in [-0.1, -0.05) is 0 Å². The van der Waals surface area contributed by atoms with Crippen molar-refractivity contribution in [3.8, 4) is 0 Å². The molecule has 2 saturated heterocycles. The van der Waals surface area contributed by atoms with Gasteiger partial charge in [-0.25, -0.2) is 0 Å². The lowest BCUT2D eigenvalue weighted by Gasteiger charge is -2.36. The maximum absolute atomic E-state index is 12.5. The number of ether oxygens (including phenoxy) is 1. The van der Waals surface area contributed by atoms with Crippen molar-refractivity contribution in [2.24, 2.45) is 5.92 Å². The van der Waals surface area contributed by atoms with Crippen LogP contribution in [0.1, 0.15) is 12.8 Å². The molecular formula is C15H20BrN3O2. The van der Waals surface area contributed by atoms with Gasteiger partial charge in [0.15, 0.2) is 0 Å². The molecule has 5 nitrogen and oxygen atoms in total. The topological polar surface area (TPSA) is 45.7 Å². The minimum atomic E-state index is 0.167. The summed E-state index contributed by atoms with van der Waals surface area (Å²) in [6.07, 6.45) is 5.47. The van der Waals surface area contributed by atoms with Gasteiger partial charge in [0, 0.05) is 44.5 Å². The molecule has 0 aromatic carbocycles. The maximum Gasteiger partial charge on any atom is 0.225 e. The van der Waals surface area contributed by atoms with Crippen molar-refractivity contribution in [2.45, 2.75) is 12.8 Å². The fourth-order valence-electron chi connectivity index (χ4n) is 3.03. The summed E-state index contributed by atoms with van der Waals surface area (Å²) in [5, 5.41) is 0. The molecule has 114 valence electrons. The summed E-state index contributed by atoms with van der Waals surface area (Å²) in [5.41, 5.74) is 1.17. The van der Waals surface area contributed by atoms with Gasteiger partial charge in [-0.05, 0) is 34.8 Å². The molecule has 0 saturated carbocycles. The van der Waals surface area contributed by atoms with Crippen LogP contribution in [0.3, 0.4) is 0 Å².